The third-order valence-electron chi connectivity index (χ3n) is 2.18. The van der Waals surface area contributed by atoms with Crippen LogP contribution in [0.5, 0.6) is 0 Å². The van der Waals surface area contributed by atoms with Gasteiger partial charge in [-0.3, -0.25) is 4.79 Å². The summed E-state index contributed by atoms with van der Waals surface area (Å²) < 4.78 is 0.838. The third-order valence-corrected chi connectivity index (χ3v) is 3.40. The number of carbonyl (C=O) groups excluding carboxylic acids is 1. The van der Waals surface area contributed by atoms with Crippen molar-refractivity contribution in [2.45, 2.75) is 13.8 Å². The normalized spacial score (nSPS) is 10.4. The molecule has 14 heavy (non-hydrogen) atoms. The highest BCUT2D eigenvalue weighted by Gasteiger charge is 2.15. The van der Waals surface area contributed by atoms with Crippen molar-refractivity contribution < 1.29 is 4.79 Å². The van der Waals surface area contributed by atoms with Crippen molar-refractivity contribution in [3.05, 3.63) is 32.3 Å². The zero-order chi connectivity index (χ0) is 10.9. The first-order valence-corrected chi connectivity index (χ1v) is 5.34. The number of hydrogen-bond acceptors (Lipinski definition) is 2. The topological polar surface area (TPSA) is 43.1 Å². The fraction of sp³-hybridized carbons (Fsp3) is 0.300. The minimum absolute atomic E-state index is 0.00840. The van der Waals surface area contributed by atoms with E-state index in [1.807, 2.05) is 13.8 Å². The first-order chi connectivity index (χ1) is 6.49. The van der Waals surface area contributed by atoms with Gasteiger partial charge in [0, 0.05) is 15.1 Å². The number of nitrogens with two attached hydrogens (primary N) is 1. The second-order valence-electron chi connectivity index (χ2n) is 3.09. The predicted octanol–water partition coefficient (Wildman–Crippen LogP) is 2.86. The van der Waals surface area contributed by atoms with Gasteiger partial charge in [0.15, 0.2) is 5.78 Å². The lowest BCUT2D eigenvalue weighted by atomic mass is 9.99. The lowest BCUT2D eigenvalue weighted by Crippen LogP contribution is -2.16. The number of Topliss-reactive ketones (excluding diaryl/α,β-unsaturated/α-hetero) is 1. The molecule has 0 saturated carbocycles. The van der Waals surface area contributed by atoms with Crippen LogP contribution < -0.4 is 5.73 Å². The maximum absolute atomic E-state index is 11.6. The summed E-state index contributed by atoms with van der Waals surface area (Å²) >= 11 is 9.32. The van der Waals surface area contributed by atoms with Crippen LogP contribution in [0.3, 0.4) is 0 Å². The molecule has 1 aromatic rings. The Morgan fingerprint density at radius 1 is 1.50 bits per heavy atom. The minimum Gasteiger partial charge on any atom is -0.324 e. The first kappa shape index (κ1) is 11.7. The van der Waals surface area contributed by atoms with Crippen LogP contribution in [0.2, 0.25) is 5.02 Å². The molecule has 0 aliphatic rings. The second kappa shape index (κ2) is 4.43. The molecule has 0 aliphatic carbocycles. The van der Waals surface area contributed by atoms with Crippen LogP contribution in [-0.2, 0) is 0 Å². The van der Waals surface area contributed by atoms with Crippen molar-refractivity contribution in [3.8, 4) is 0 Å². The van der Waals surface area contributed by atoms with Gasteiger partial charge in [-0.25, -0.2) is 0 Å². The van der Waals surface area contributed by atoms with Crippen LogP contribution >= 0.6 is 27.5 Å². The van der Waals surface area contributed by atoms with Gasteiger partial charge in [0.25, 0.3) is 0 Å². The first-order valence-electron chi connectivity index (χ1n) is 4.17. The average molecular weight is 277 g/mol. The van der Waals surface area contributed by atoms with Crippen LogP contribution in [0.1, 0.15) is 21.5 Å². The third kappa shape index (κ3) is 2.00. The SMILES string of the molecule is Cc1c(Cl)cc(Br)c(C)c1C(=O)CN. The molecule has 0 aliphatic heterocycles. The molecule has 0 bridgehead atoms. The molecule has 2 nitrogen and oxygen atoms in total. The quantitative estimate of drug-likeness (QED) is 0.844. The fourth-order valence-corrected chi connectivity index (χ4v) is 2.13. The zero-order valence-electron chi connectivity index (χ0n) is 8.03. The number of hydrogen-bond donors (Lipinski definition) is 1. The molecule has 0 unspecified atom stereocenters. The highest BCUT2D eigenvalue weighted by Crippen LogP contribution is 2.29. The van der Waals surface area contributed by atoms with E-state index in [2.05, 4.69) is 15.9 Å². The van der Waals surface area contributed by atoms with Crippen LogP contribution in [-0.4, -0.2) is 12.3 Å². The Morgan fingerprint density at radius 2 is 2.07 bits per heavy atom. The molecule has 0 atom stereocenters. The van der Waals surface area contributed by atoms with E-state index >= 15 is 0 Å². The van der Waals surface area contributed by atoms with Gasteiger partial charge in [-0.15, -0.1) is 0 Å². The molecule has 0 aromatic heterocycles. The Balaban J connectivity index is 3.47. The standard InChI is InChI=1S/C10H11BrClNO/c1-5-7(11)3-8(12)6(2)10(5)9(14)4-13/h3H,4,13H2,1-2H3. The van der Waals surface area contributed by atoms with Gasteiger partial charge >= 0.3 is 0 Å². The molecule has 4 heteroatoms. The van der Waals surface area contributed by atoms with Crippen LogP contribution in [0.15, 0.2) is 10.5 Å². The Kier molecular flexibility index (Phi) is 3.70. The summed E-state index contributed by atoms with van der Waals surface area (Å²) in [4.78, 5) is 11.6. The Bertz CT molecular complexity index is 364. The Morgan fingerprint density at radius 3 is 2.57 bits per heavy atom. The number of benzene rings is 1. The van der Waals surface area contributed by atoms with Gasteiger partial charge in [-0.2, -0.15) is 0 Å². The predicted molar refractivity (Wildman–Crippen MR) is 62.0 cm³/mol. The highest BCUT2D eigenvalue weighted by atomic mass is 79.9. The van der Waals surface area contributed by atoms with Crippen molar-refractivity contribution in [2.75, 3.05) is 6.54 Å². The molecule has 0 radical (unpaired) electrons. The maximum Gasteiger partial charge on any atom is 0.177 e. The molecule has 0 heterocycles. The molecular formula is C10H11BrClNO. The van der Waals surface area contributed by atoms with Gasteiger partial charge in [0.2, 0.25) is 0 Å². The summed E-state index contributed by atoms with van der Waals surface area (Å²) in [5.41, 5.74) is 7.65. The molecule has 0 amide bonds. The van der Waals surface area contributed by atoms with Crippen molar-refractivity contribution in [3.63, 3.8) is 0 Å². The van der Waals surface area contributed by atoms with Crippen molar-refractivity contribution in [1.82, 2.24) is 0 Å². The molecular weight excluding hydrogens is 265 g/mol. The summed E-state index contributed by atoms with van der Waals surface area (Å²) in [6.07, 6.45) is 0. The molecule has 1 aromatic carbocycles. The number of rotatable bonds is 2. The lowest BCUT2D eigenvalue weighted by Gasteiger charge is -2.11. The fourth-order valence-electron chi connectivity index (χ4n) is 1.37. The number of carbonyl (C=O) groups is 1. The summed E-state index contributed by atoms with van der Waals surface area (Å²) in [5.74, 6) is -0.0804. The van der Waals surface area contributed by atoms with Crippen molar-refractivity contribution in [2.24, 2.45) is 5.73 Å². The number of ketones is 1. The lowest BCUT2D eigenvalue weighted by molar-refractivity contribution is 0.1000. The minimum atomic E-state index is -0.0804. The molecule has 2 N–H and O–H groups in total. The second-order valence-corrected chi connectivity index (χ2v) is 4.35. The van der Waals surface area contributed by atoms with E-state index in [1.54, 1.807) is 6.07 Å². The number of halogens is 2. The van der Waals surface area contributed by atoms with Gasteiger partial charge in [-0.1, -0.05) is 27.5 Å². The van der Waals surface area contributed by atoms with Gasteiger partial charge in [0.05, 0.1) is 6.54 Å². The molecule has 0 spiro atoms. The van der Waals surface area contributed by atoms with E-state index in [0.717, 1.165) is 15.6 Å². The monoisotopic (exact) mass is 275 g/mol. The van der Waals surface area contributed by atoms with Gasteiger partial charge in [0.1, 0.15) is 0 Å². The van der Waals surface area contributed by atoms with Crippen LogP contribution in [0, 0.1) is 13.8 Å². The summed E-state index contributed by atoms with van der Waals surface area (Å²) in [6.45, 7) is 3.70. The molecule has 76 valence electrons. The largest absolute Gasteiger partial charge is 0.324 e. The van der Waals surface area contributed by atoms with E-state index in [-0.39, 0.29) is 12.3 Å². The zero-order valence-corrected chi connectivity index (χ0v) is 10.4. The Hall–Kier alpha value is -0.380. The van der Waals surface area contributed by atoms with Gasteiger partial charge < -0.3 is 5.73 Å². The molecule has 0 saturated heterocycles. The van der Waals surface area contributed by atoms with Crippen molar-refractivity contribution in [1.29, 1.82) is 0 Å². The highest BCUT2D eigenvalue weighted by molar-refractivity contribution is 9.10. The van der Waals surface area contributed by atoms with E-state index in [1.165, 1.54) is 0 Å². The summed E-state index contributed by atoms with van der Waals surface area (Å²) in [6, 6.07) is 1.79. The van der Waals surface area contributed by atoms with Crippen LogP contribution in [0.25, 0.3) is 0 Å². The van der Waals surface area contributed by atoms with E-state index in [9.17, 15) is 4.79 Å². The van der Waals surface area contributed by atoms with E-state index < -0.39 is 0 Å². The Labute approximate surface area is 96.6 Å². The van der Waals surface area contributed by atoms with E-state index in [4.69, 9.17) is 17.3 Å². The van der Waals surface area contributed by atoms with Gasteiger partial charge in [-0.05, 0) is 31.0 Å². The smallest absolute Gasteiger partial charge is 0.177 e. The summed E-state index contributed by atoms with van der Waals surface area (Å²) in [5, 5.41) is 0.583. The average Bonchev–Trinajstić information content (AvgIpc) is 2.15. The van der Waals surface area contributed by atoms with Crippen molar-refractivity contribution >= 4 is 33.3 Å². The molecule has 0 fully saturated rings. The molecule has 1 rings (SSSR count). The van der Waals surface area contributed by atoms with E-state index in [0.29, 0.717) is 10.6 Å². The van der Waals surface area contributed by atoms with Crippen LogP contribution in [0.4, 0.5) is 0 Å². The maximum atomic E-state index is 11.6. The summed E-state index contributed by atoms with van der Waals surface area (Å²) in [7, 11) is 0.